The molecular formula is C15H20N4. The molecule has 0 bridgehead atoms. The number of benzene rings is 1. The van der Waals surface area contributed by atoms with Crippen LogP contribution in [-0.2, 0) is 0 Å². The Kier molecular flexibility index (Phi) is 3.79. The number of aromatic amines is 1. The Bertz CT molecular complexity index is 483. The van der Waals surface area contributed by atoms with Gasteiger partial charge < -0.3 is 10.6 Å². The highest BCUT2D eigenvalue weighted by Gasteiger charge is 2.12. The van der Waals surface area contributed by atoms with Crippen molar-refractivity contribution in [2.45, 2.75) is 12.8 Å². The largest absolute Gasteiger partial charge is 0.385 e. The molecule has 0 saturated carbocycles. The molecule has 2 aromatic rings. The lowest BCUT2D eigenvalue weighted by Crippen LogP contribution is -2.31. The number of anilines is 1. The van der Waals surface area contributed by atoms with E-state index in [0.29, 0.717) is 0 Å². The van der Waals surface area contributed by atoms with E-state index >= 15 is 0 Å². The molecule has 0 radical (unpaired) electrons. The summed E-state index contributed by atoms with van der Waals surface area (Å²) in [6.07, 6.45) is 4.33. The highest BCUT2D eigenvalue weighted by molar-refractivity contribution is 5.62. The second-order valence-corrected chi connectivity index (χ2v) is 5.12. The first kappa shape index (κ1) is 12.2. The molecule has 1 fully saturated rings. The summed E-state index contributed by atoms with van der Waals surface area (Å²) >= 11 is 0. The molecule has 1 saturated heterocycles. The minimum absolute atomic E-state index is 0.800. The number of hydrogen-bond acceptors (Lipinski definition) is 3. The van der Waals surface area contributed by atoms with Crippen molar-refractivity contribution in [1.82, 2.24) is 15.5 Å². The lowest BCUT2D eigenvalue weighted by atomic mass is 9.98. The van der Waals surface area contributed by atoms with Crippen LogP contribution in [-0.4, -0.2) is 29.8 Å². The van der Waals surface area contributed by atoms with Crippen molar-refractivity contribution in [3.8, 4) is 11.3 Å². The standard InChI is InChI=1S/C15H20N4/c1-3-14(17-11-12-5-8-16-9-6-12)4-2-13(1)15-7-10-18-19-15/h1-4,7,10,12,16-17H,5-6,8-9,11H2,(H,18,19). The average Bonchev–Trinajstić information content (AvgIpc) is 3.01. The van der Waals surface area contributed by atoms with Gasteiger partial charge in [-0.25, -0.2) is 0 Å². The summed E-state index contributed by atoms with van der Waals surface area (Å²) in [4.78, 5) is 0. The molecule has 2 heterocycles. The summed E-state index contributed by atoms with van der Waals surface area (Å²) in [5.41, 5.74) is 3.43. The molecule has 4 nitrogen and oxygen atoms in total. The summed E-state index contributed by atoms with van der Waals surface area (Å²) in [5, 5.41) is 13.9. The van der Waals surface area contributed by atoms with E-state index in [1.807, 2.05) is 6.07 Å². The van der Waals surface area contributed by atoms with Crippen LogP contribution in [0.15, 0.2) is 36.5 Å². The third kappa shape index (κ3) is 3.15. The van der Waals surface area contributed by atoms with E-state index in [0.717, 1.165) is 31.2 Å². The van der Waals surface area contributed by atoms with Crippen molar-refractivity contribution >= 4 is 5.69 Å². The van der Waals surface area contributed by atoms with Gasteiger partial charge in [-0.2, -0.15) is 5.10 Å². The van der Waals surface area contributed by atoms with Crippen molar-refractivity contribution in [1.29, 1.82) is 0 Å². The first-order valence-electron chi connectivity index (χ1n) is 6.96. The summed E-state index contributed by atoms with van der Waals surface area (Å²) < 4.78 is 0. The maximum Gasteiger partial charge on any atom is 0.0650 e. The highest BCUT2D eigenvalue weighted by Crippen LogP contribution is 2.20. The molecular weight excluding hydrogens is 236 g/mol. The zero-order valence-electron chi connectivity index (χ0n) is 11.0. The SMILES string of the molecule is c1cc(-c2ccc(NCC3CCNCC3)cc2)[nH]n1. The van der Waals surface area contributed by atoms with Crippen LogP contribution in [0.1, 0.15) is 12.8 Å². The molecule has 19 heavy (non-hydrogen) atoms. The summed E-state index contributed by atoms with van der Waals surface area (Å²) in [6, 6.07) is 10.5. The Morgan fingerprint density at radius 2 is 1.89 bits per heavy atom. The van der Waals surface area contributed by atoms with Crippen LogP contribution < -0.4 is 10.6 Å². The number of piperidine rings is 1. The minimum Gasteiger partial charge on any atom is -0.385 e. The Balaban J connectivity index is 1.57. The van der Waals surface area contributed by atoms with Gasteiger partial charge in [0.25, 0.3) is 0 Å². The fourth-order valence-electron chi connectivity index (χ4n) is 2.53. The van der Waals surface area contributed by atoms with E-state index < -0.39 is 0 Å². The van der Waals surface area contributed by atoms with Crippen LogP contribution >= 0.6 is 0 Å². The van der Waals surface area contributed by atoms with Gasteiger partial charge in [0.05, 0.1) is 5.69 Å². The molecule has 1 aliphatic rings. The lowest BCUT2D eigenvalue weighted by Gasteiger charge is -2.23. The number of nitrogens with one attached hydrogen (secondary N) is 3. The van der Waals surface area contributed by atoms with Crippen molar-refractivity contribution < 1.29 is 0 Å². The maximum absolute atomic E-state index is 3.97. The van der Waals surface area contributed by atoms with E-state index in [2.05, 4.69) is 45.1 Å². The predicted octanol–water partition coefficient (Wildman–Crippen LogP) is 2.49. The number of H-pyrrole nitrogens is 1. The molecule has 0 amide bonds. The Labute approximate surface area is 113 Å². The number of nitrogens with zero attached hydrogens (tertiary/aromatic N) is 1. The summed E-state index contributed by atoms with van der Waals surface area (Å²) in [5.74, 6) is 0.800. The average molecular weight is 256 g/mol. The highest BCUT2D eigenvalue weighted by atomic mass is 15.1. The number of rotatable bonds is 4. The zero-order valence-corrected chi connectivity index (χ0v) is 11.0. The van der Waals surface area contributed by atoms with Crippen LogP contribution in [0, 0.1) is 5.92 Å². The molecule has 100 valence electrons. The lowest BCUT2D eigenvalue weighted by molar-refractivity contribution is 0.390. The van der Waals surface area contributed by atoms with Crippen molar-refractivity contribution in [2.24, 2.45) is 5.92 Å². The predicted molar refractivity (Wildman–Crippen MR) is 78.1 cm³/mol. The molecule has 1 aliphatic heterocycles. The van der Waals surface area contributed by atoms with Crippen LogP contribution in [0.5, 0.6) is 0 Å². The van der Waals surface area contributed by atoms with Crippen molar-refractivity contribution in [2.75, 3.05) is 25.0 Å². The Hall–Kier alpha value is -1.81. The molecule has 3 rings (SSSR count). The van der Waals surface area contributed by atoms with Crippen LogP contribution in [0.25, 0.3) is 11.3 Å². The van der Waals surface area contributed by atoms with E-state index in [-0.39, 0.29) is 0 Å². The van der Waals surface area contributed by atoms with Crippen LogP contribution in [0.4, 0.5) is 5.69 Å². The summed E-state index contributed by atoms with van der Waals surface area (Å²) in [7, 11) is 0. The monoisotopic (exact) mass is 256 g/mol. The fraction of sp³-hybridized carbons (Fsp3) is 0.400. The smallest absolute Gasteiger partial charge is 0.0650 e. The van der Waals surface area contributed by atoms with E-state index in [9.17, 15) is 0 Å². The van der Waals surface area contributed by atoms with Crippen molar-refractivity contribution in [3.05, 3.63) is 36.5 Å². The van der Waals surface area contributed by atoms with Crippen LogP contribution in [0.2, 0.25) is 0 Å². The molecule has 0 unspecified atom stereocenters. The zero-order chi connectivity index (χ0) is 12.9. The molecule has 0 aliphatic carbocycles. The van der Waals surface area contributed by atoms with Gasteiger partial charge in [0.1, 0.15) is 0 Å². The third-order valence-corrected chi connectivity index (χ3v) is 3.75. The topological polar surface area (TPSA) is 52.7 Å². The first-order valence-corrected chi connectivity index (χ1v) is 6.96. The second-order valence-electron chi connectivity index (χ2n) is 5.12. The second kappa shape index (κ2) is 5.89. The minimum atomic E-state index is 0.800. The van der Waals surface area contributed by atoms with Crippen LogP contribution in [0.3, 0.4) is 0 Å². The van der Waals surface area contributed by atoms with Crippen molar-refractivity contribution in [3.63, 3.8) is 0 Å². The number of aromatic nitrogens is 2. The molecule has 3 N–H and O–H groups in total. The molecule has 1 aromatic carbocycles. The van der Waals surface area contributed by atoms with E-state index in [1.165, 1.54) is 24.1 Å². The first-order chi connectivity index (χ1) is 9.42. The van der Waals surface area contributed by atoms with Gasteiger partial charge in [0, 0.05) is 18.4 Å². The van der Waals surface area contributed by atoms with Gasteiger partial charge in [0.2, 0.25) is 0 Å². The normalized spacial score (nSPS) is 16.4. The fourth-order valence-corrected chi connectivity index (χ4v) is 2.53. The quantitative estimate of drug-likeness (QED) is 0.787. The molecule has 1 aromatic heterocycles. The Morgan fingerprint density at radius 3 is 2.58 bits per heavy atom. The molecule has 0 spiro atoms. The van der Waals surface area contributed by atoms with Gasteiger partial charge in [0.15, 0.2) is 0 Å². The Morgan fingerprint density at radius 1 is 1.11 bits per heavy atom. The number of hydrogen-bond donors (Lipinski definition) is 3. The maximum atomic E-state index is 3.97. The van der Waals surface area contributed by atoms with Gasteiger partial charge >= 0.3 is 0 Å². The van der Waals surface area contributed by atoms with Gasteiger partial charge in [-0.3, -0.25) is 5.10 Å². The van der Waals surface area contributed by atoms with Gasteiger partial charge in [-0.1, -0.05) is 12.1 Å². The van der Waals surface area contributed by atoms with E-state index in [4.69, 9.17) is 0 Å². The molecule has 0 atom stereocenters. The van der Waals surface area contributed by atoms with Gasteiger partial charge in [-0.15, -0.1) is 0 Å². The van der Waals surface area contributed by atoms with Gasteiger partial charge in [-0.05, 0) is 55.6 Å². The third-order valence-electron chi connectivity index (χ3n) is 3.75. The van der Waals surface area contributed by atoms with E-state index in [1.54, 1.807) is 6.20 Å². The summed E-state index contributed by atoms with van der Waals surface area (Å²) in [6.45, 7) is 3.39. The molecule has 4 heteroatoms.